The van der Waals surface area contributed by atoms with Gasteiger partial charge in [-0.05, 0) is 23.8 Å². The van der Waals surface area contributed by atoms with Crippen molar-refractivity contribution in [1.82, 2.24) is 9.97 Å². The van der Waals surface area contributed by atoms with Gasteiger partial charge >= 0.3 is 0 Å². The van der Waals surface area contributed by atoms with Gasteiger partial charge in [0.05, 0.1) is 10.6 Å². The van der Waals surface area contributed by atoms with Crippen LogP contribution in [0, 0.1) is 10.1 Å². The molecular weight excluding hydrogens is 218 g/mol. The van der Waals surface area contributed by atoms with Crippen LogP contribution >= 0.6 is 0 Å². The molecule has 17 heavy (non-hydrogen) atoms. The van der Waals surface area contributed by atoms with Gasteiger partial charge in [-0.15, -0.1) is 0 Å². The molecule has 0 bridgehead atoms. The summed E-state index contributed by atoms with van der Waals surface area (Å²) in [5.41, 5.74) is 1.61. The Labute approximate surface area is 97.6 Å². The first kappa shape index (κ1) is 10.9. The van der Waals surface area contributed by atoms with Gasteiger partial charge in [-0.1, -0.05) is 12.1 Å². The Morgan fingerprint density at radius 3 is 2.65 bits per heavy atom. The van der Waals surface area contributed by atoms with Crippen LogP contribution in [0.3, 0.4) is 0 Å². The van der Waals surface area contributed by atoms with Crippen LogP contribution in [0.25, 0.3) is 12.2 Å². The number of rotatable bonds is 3. The highest BCUT2D eigenvalue weighted by Gasteiger charge is 2.03. The predicted molar refractivity (Wildman–Crippen MR) is 64.1 cm³/mol. The van der Waals surface area contributed by atoms with Gasteiger partial charge in [0.15, 0.2) is 0 Å². The zero-order valence-electron chi connectivity index (χ0n) is 8.85. The Hall–Kier alpha value is -2.56. The third-order valence-electron chi connectivity index (χ3n) is 2.11. The molecule has 0 aliphatic rings. The Balaban J connectivity index is 2.14. The molecule has 0 saturated carbocycles. The van der Waals surface area contributed by atoms with Crippen molar-refractivity contribution in [1.29, 1.82) is 0 Å². The van der Waals surface area contributed by atoms with E-state index in [0.717, 1.165) is 5.56 Å². The lowest BCUT2D eigenvalue weighted by Crippen LogP contribution is -1.89. The summed E-state index contributed by atoms with van der Waals surface area (Å²) in [5.74, 6) is 0. The monoisotopic (exact) mass is 227 g/mol. The van der Waals surface area contributed by atoms with Gasteiger partial charge in [0, 0.05) is 18.5 Å². The smallest absolute Gasteiger partial charge is 0.264 e. The molecule has 0 amide bonds. The minimum Gasteiger partial charge on any atom is -0.264 e. The van der Waals surface area contributed by atoms with Crippen molar-refractivity contribution in [3.63, 3.8) is 0 Å². The van der Waals surface area contributed by atoms with Crippen LogP contribution in [-0.2, 0) is 0 Å². The molecule has 0 aliphatic heterocycles. The fraction of sp³-hybridized carbons (Fsp3) is 0. The van der Waals surface area contributed by atoms with Gasteiger partial charge in [-0.3, -0.25) is 15.1 Å². The molecule has 84 valence electrons. The van der Waals surface area contributed by atoms with E-state index in [9.17, 15) is 10.1 Å². The third kappa shape index (κ3) is 2.94. The van der Waals surface area contributed by atoms with Crippen LogP contribution < -0.4 is 0 Å². The highest BCUT2D eigenvalue weighted by molar-refractivity contribution is 5.67. The van der Waals surface area contributed by atoms with Gasteiger partial charge in [-0.25, -0.2) is 4.98 Å². The van der Waals surface area contributed by atoms with Crippen molar-refractivity contribution in [3.05, 3.63) is 64.2 Å². The second-order valence-corrected chi connectivity index (χ2v) is 3.32. The lowest BCUT2D eigenvalue weighted by molar-refractivity contribution is -0.385. The summed E-state index contributed by atoms with van der Waals surface area (Å²) in [6.45, 7) is 0. The van der Waals surface area contributed by atoms with Crippen molar-refractivity contribution >= 4 is 17.8 Å². The van der Waals surface area contributed by atoms with E-state index in [1.165, 1.54) is 12.3 Å². The molecule has 0 aromatic carbocycles. The molecule has 0 atom stereocenters. The van der Waals surface area contributed by atoms with Crippen LogP contribution in [0.5, 0.6) is 0 Å². The molecule has 5 heteroatoms. The highest BCUT2D eigenvalue weighted by atomic mass is 16.6. The quantitative estimate of drug-likeness (QED) is 0.596. The van der Waals surface area contributed by atoms with E-state index in [1.54, 1.807) is 24.5 Å². The molecular formula is C12H9N3O2. The molecule has 2 heterocycles. The van der Waals surface area contributed by atoms with Crippen LogP contribution in [0.15, 0.2) is 42.9 Å². The number of hydrogen-bond acceptors (Lipinski definition) is 4. The first-order chi connectivity index (χ1) is 8.25. The number of nitro groups is 1. The van der Waals surface area contributed by atoms with E-state index in [0.29, 0.717) is 5.69 Å². The van der Waals surface area contributed by atoms with E-state index >= 15 is 0 Å². The fourth-order valence-corrected chi connectivity index (χ4v) is 1.26. The van der Waals surface area contributed by atoms with E-state index in [-0.39, 0.29) is 5.69 Å². The van der Waals surface area contributed by atoms with Crippen LogP contribution in [-0.4, -0.2) is 14.9 Å². The number of pyridine rings is 2. The summed E-state index contributed by atoms with van der Waals surface area (Å²) in [5, 5.41) is 10.4. The lowest BCUT2D eigenvalue weighted by atomic mass is 10.2. The zero-order chi connectivity index (χ0) is 12.1. The molecule has 2 aromatic rings. The van der Waals surface area contributed by atoms with Gasteiger partial charge in [0.1, 0.15) is 6.20 Å². The summed E-state index contributed by atoms with van der Waals surface area (Å²) in [4.78, 5) is 17.9. The van der Waals surface area contributed by atoms with Gasteiger partial charge in [0.25, 0.3) is 5.69 Å². The minimum atomic E-state index is -0.471. The van der Waals surface area contributed by atoms with Crippen molar-refractivity contribution in [3.8, 4) is 0 Å². The van der Waals surface area contributed by atoms with E-state index in [1.807, 2.05) is 18.2 Å². The first-order valence-electron chi connectivity index (χ1n) is 4.94. The number of nitrogens with zero attached hydrogens (tertiary/aromatic N) is 3. The van der Waals surface area contributed by atoms with E-state index in [4.69, 9.17) is 0 Å². The molecule has 2 aromatic heterocycles. The summed E-state index contributed by atoms with van der Waals surface area (Å²) in [7, 11) is 0. The third-order valence-corrected chi connectivity index (χ3v) is 2.11. The summed E-state index contributed by atoms with van der Waals surface area (Å²) in [6, 6.07) is 6.78. The Morgan fingerprint density at radius 2 is 2.06 bits per heavy atom. The minimum absolute atomic E-state index is 0.0106. The molecule has 0 N–H and O–H groups in total. The molecule has 0 spiro atoms. The van der Waals surface area contributed by atoms with E-state index < -0.39 is 4.92 Å². The normalized spacial score (nSPS) is 10.6. The largest absolute Gasteiger partial charge is 0.287 e. The number of aromatic nitrogens is 2. The molecule has 0 aliphatic carbocycles. The molecule has 2 rings (SSSR count). The average Bonchev–Trinajstić information content (AvgIpc) is 2.38. The van der Waals surface area contributed by atoms with Crippen LogP contribution in [0.4, 0.5) is 5.69 Å². The second-order valence-electron chi connectivity index (χ2n) is 3.32. The Kier molecular flexibility index (Phi) is 3.20. The van der Waals surface area contributed by atoms with Crippen LogP contribution in [0.2, 0.25) is 0 Å². The maximum atomic E-state index is 10.4. The molecule has 0 radical (unpaired) electrons. The predicted octanol–water partition coefficient (Wildman–Crippen LogP) is 2.56. The van der Waals surface area contributed by atoms with Crippen molar-refractivity contribution in [2.24, 2.45) is 0 Å². The van der Waals surface area contributed by atoms with Crippen molar-refractivity contribution in [2.45, 2.75) is 0 Å². The van der Waals surface area contributed by atoms with Gasteiger partial charge < -0.3 is 0 Å². The molecule has 0 fully saturated rings. The number of hydrogen-bond donors (Lipinski definition) is 0. The Bertz CT molecular complexity index is 535. The molecule has 0 unspecified atom stereocenters. The second kappa shape index (κ2) is 4.98. The lowest BCUT2D eigenvalue weighted by Gasteiger charge is -1.93. The van der Waals surface area contributed by atoms with Crippen LogP contribution in [0.1, 0.15) is 11.3 Å². The zero-order valence-corrected chi connectivity index (χ0v) is 8.85. The SMILES string of the molecule is O=[N+]([O-])c1ccc(C=Cc2cccnc2)nc1. The molecule has 0 saturated heterocycles. The summed E-state index contributed by atoms with van der Waals surface area (Å²) < 4.78 is 0. The van der Waals surface area contributed by atoms with E-state index in [2.05, 4.69) is 9.97 Å². The van der Waals surface area contributed by atoms with Gasteiger partial charge in [0.2, 0.25) is 0 Å². The summed E-state index contributed by atoms with van der Waals surface area (Å²) in [6.07, 6.45) is 8.29. The molecule has 5 nitrogen and oxygen atoms in total. The first-order valence-corrected chi connectivity index (χ1v) is 4.94. The maximum Gasteiger partial charge on any atom is 0.287 e. The standard InChI is InChI=1S/C12H9N3O2/c16-15(17)12-6-5-11(14-9-12)4-3-10-2-1-7-13-8-10/h1-9H. The summed E-state index contributed by atoms with van der Waals surface area (Å²) >= 11 is 0. The van der Waals surface area contributed by atoms with Crippen molar-refractivity contribution < 1.29 is 4.92 Å². The highest BCUT2D eigenvalue weighted by Crippen LogP contribution is 2.10. The fourth-order valence-electron chi connectivity index (χ4n) is 1.26. The maximum absolute atomic E-state index is 10.4. The van der Waals surface area contributed by atoms with Crippen molar-refractivity contribution in [2.75, 3.05) is 0 Å². The average molecular weight is 227 g/mol. The van der Waals surface area contributed by atoms with Gasteiger partial charge in [-0.2, -0.15) is 0 Å². The Morgan fingerprint density at radius 1 is 1.18 bits per heavy atom. The topological polar surface area (TPSA) is 68.9 Å².